The van der Waals surface area contributed by atoms with E-state index in [0.717, 1.165) is 5.69 Å². The number of esters is 1. The van der Waals surface area contributed by atoms with E-state index in [1.54, 1.807) is 9.58 Å². The number of likely N-dealkylation sites (tertiary alicyclic amines) is 1. The highest BCUT2D eigenvalue weighted by atomic mass is 32.2. The van der Waals surface area contributed by atoms with Crippen molar-refractivity contribution in [3.05, 3.63) is 46.9 Å². The van der Waals surface area contributed by atoms with E-state index in [9.17, 15) is 14.4 Å². The van der Waals surface area contributed by atoms with Gasteiger partial charge in [-0.15, -0.1) is 0 Å². The molecule has 1 aromatic carbocycles. The van der Waals surface area contributed by atoms with Gasteiger partial charge in [-0.3, -0.25) is 14.4 Å². The number of carbonyl (C=O) groups is 2. The second kappa shape index (κ2) is 8.70. The number of rotatable bonds is 5. The number of aromatic nitrogens is 4. The lowest BCUT2D eigenvalue weighted by atomic mass is 9.97. The van der Waals surface area contributed by atoms with Gasteiger partial charge < -0.3 is 14.6 Å². The molecule has 1 N–H and O–H groups in total. The standard InChI is InChI=1S/C20H21N5O4S/c1-29-19(28)13-7-9-24(10-8-13)16(26)12-30-20-22-17-15(18(27)23-20)11-21-25(17)14-5-3-2-4-6-14/h2-6,11,13H,7-10,12H2,1H3,(H,22,23,27). The average molecular weight is 427 g/mol. The van der Waals surface area contributed by atoms with Gasteiger partial charge in [-0.05, 0) is 25.0 Å². The Morgan fingerprint density at radius 3 is 2.67 bits per heavy atom. The zero-order chi connectivity index (χ0) is 21.1. The van der Waals surface area contributed by atoms with E-state index in [1.807, 2.05) is 30.3 Å². The lowest BCUT2D eigenvalue weighted by Gasteiger charge is -2.30. The Morgan fingerprint density at radius 1 is 1.23 bits per heavy atom. The number of nitrogens with zero attached hydrogens (tertiary/aromatic N) is 4. The summed E-state index contributed by atoms with van der Waals surface area (Å²) >= 11 is 1.18. The summed E-state index contributed by atoms with van der Waals surface area (Å²) in [7, 11) is 1.38. The molecule has 0 spiro atoms. The van der Waals surface area contributed by atoms with Crippen LogP contribution in [0, 0.1) is 5.92 Å². The number of nitrogens with one attached hydrogen (secondary N) is 1. The van der Waals surface area contributed by atoms with Crippen LogP contribution in [-0.2, 0) is 14.3 Å². The minimum Gasteiger partial charge on any atom is -0.469 e. The van der Waals surface area contributed by atoms with Gasteiger partial charge in [0.15, 0.2) is 10.8 Å². The number of ether oxygens (including phenoxy) is 1. The van der Waals surface area contributed by atoms with Crippen LogP contribution in [0.1, 0.15) is 12.8 Å². The molecule has 4 rings (SSSR count). The molecule has 3 aromatic rings. The highest BCUT2D eigenvalue weighted by Gasteiger charge is 2.27. The molecule has 1 saturated heterocycles. The van der Waals surface area contributed by atoms with E-state index in [-0.39, 0.29) is 29.1 Å². The molecule has 1 aliphatic heterocycles. The van der Waals surface area contributed by atoms with Crippen molar-refractivity contribution in [1.82, 2.24) is 24.6 Å². The van der Waals surface area contributed by atoms with Gasteiger partial charge in [0.2, 0.25) is 5.91 Å². The summed E-state index contributed by atoms with van der Waals surface area (Å²) < 4.78 is 6.38. The minimum atomic E-state index is -0.295. The molecule has 10 heteroatoms. The molecule has 0 unspecified atom stereocenters. The lowest BCUT2D eigenvalue weighted by molar-refractivity contribution is -0.148. The predicted octanol–water partition coefficient (Wildman–Crippen LogP) is 1.61. The molecule has 1 fully saturated rings. The number of benzene rings is 1. The first kappa shape index (κ1) is 20.1. The van der Waals surface area contributed by atoms with E-state index in [0.29, 0.717) is 42.1 Å². The Labute approximate surface area is 176 Å². The largest absolute Gasteiger partial charge is 0.469 e. The molecule has 0 saturated carbocycles. The first-order valence-corrected chi connectivity index (χ1v) is 10.6. The third-order valence-corrected chi connectivity index (χ3v) is 5.99. The third kappa shape index (κ3) is 4.09. The Morgan fingerprint density at radius 2 is 1.97 bits per heavy atom. The van der Waals surface area contributed by atoms with Crippen LogP contribution in [0.3, 0.4) is 0 Å². The van der Waals surface area contributed by atoms with Gasteiger partial charge in [0.05, 0.1) is 30.7 Å². The molecule has 1 aliphatic rings. The molecule has 1 amide bonds. The number of thioether (sulfide) groups is 1. The molecule has 156 valence electrons. The van der Waals surface area contributed by atoms with Crippen molar-refractivity contribution in [2.45, 2.75) is 18.0 Å². The zero-order valence-electron chi connectivity index (χ0n) is 16.4. The number of fused-ring (bicyclic) bond motifs is 1. The van der Waals surface area contributed by atoms with Gasteiger partial charge in [-0.25, -0.2) is 9.67 Å². The molecule has 0 bridgehead atoms. The van der Waals surface area contributed by atoms with Crippen LogP contribution in [0.2, 0.25) is 0 Å². The fraction of sp³-hybridized carbons (Fsp3) is 0.350. The normalized spacial score (nSPS) is 14.8. The Bertz CT molecular complexity index is 1120. The van der Waals surface area contributed by atoms with Crippen molar-refractivity contribution in [3.8, 4) is 5.69 Å². The molecule has 2 aromatic heterocycles. The predicted molar refractivity (Wildman–Crippen MR) is 112 cm³/mol. The molecule has 0 atom stereocenters. The molecular weight excluding hydrogens is 406 g/mol. The molecule has 9 nitrogen and oxygen atoms in total. The number of H-pyrrole nitrogens is 1. The highest BCUT2D eigenvalue weighted by Crippen LogP contribution is 2.21. The fourth-order valence-electron chi connectivity index (χ4n) is 3.48. The summed E-state index contributed by atoms with van der Waals surface area (Å²) in [5.41, 5.74) is 0.945. The second-order valence-electron chi connectivity index (χ2n) is 6.97. The summed E-state index contributed by atoms with van der Waals surface area (Å²) in [6.45, 7) is 1.03. The van der Waals surface area contributed by atoms with E-state index in [4.69, 9.17) is 4.74 Å². The van der Waals surface area contributed by atoms with Crippen molar-refractivity contribution < 1.29 is 14.3 Å². The fourth-order valence-corrected chi connectivity index (χ4v) is 4.24. The topological polar surface area (TPSA) is 110 Å². The van der Waals surface area contributed by atoms with Gasteiger partial charge >= 0.3 is 5.97 Å². The number of hydrogen-bond donors (Lipinski definition) is 1. The van der Waals surface area contributed by atoms with E-state index < -0.39 is 0 Å². The molecule has 0 aliphatic carbocycles. The quantitative estimate of drug-likeness (QED) is 0.374. The van der Waals surface area contributed by atoms with Crippen LogP contribution < -0.4 is 5.56 Å². The van der Waals surface area contributed by atoms with Gasteiger partial charge in [0.1, 0.15) is 5.39 Å². The van der Waals surface area contributed by atoms with Crippen molar-refractivity contribution in [1.29, 1.82) is 0 Å². The van der Waals surface area contributed by atoms with Crippen LogP contribution in [0.25, 0.3) is 16.7 Å². The number of carbonyl (C=O) groups excluding carboxylic acids is 2. The van der Waals surface area contributed by atoms with Gasteiger partial charge in [0.25, 0.3) is 5.56 Å². The number of aromatic amines is 1. The number of para-hydroxylation sites is 1. The average Bonchev–Trinajstić information content (AvgIpc) is 3.22. The first-order chi connectivity index (χ1) is 14.6. The van der Waals surface area contributed by atoms with Crippen LogP contribution >= 0.6 is 11.8 Å². The molecule has 3 heterocycles. The molecule has 30 heavy (non-hydrogen) atoms. The van der Waals surface area contributed by atoms with Crippen molar-refractivity contribution in [2.75, 3.05) is 26.0 Å². The number of methoxy groups -OCH3 is 1. The molecule has 0 radical (unpaired) electrons. The van der Waals surface area contributed by atoms with E-state index in [2.05, 4.69) is 15.1 Å². The first-order valence-electron chi connectivity index (χ1n) is 9.58. The maximum Gasteiger partial charge on any atom is 0.308 e. The zero-order valence-corrected chi connectivity index (χ0v) is 17.2. The number of hydrogen-bond acceptors (Lipinski definition) is 7. The van der Waals surface area contributed by atoms with Crippen LogP contribution in [0.5, 0.6) is 0 Å². The number of amides is 1. The van der Waals surface area contributed by atoms with E-state index >= 15 is 0 Å². The molecular formula is C20H21N5O4S. The highest BCUT2D eigenvalue weighted by molar-refractivity contribution is 7.99. The minimum absolute atomic E-state index is 0.0531. The van der Waals surface area contributed by atoms with E-state index in [1.165, 1.54) is 25.1 Å². The second-order valence-corrected chi connectivity index (χ2v) is 7.93. The van der Waals surface area contributed by atoms with Gasteiger partial charge in [0, 0.05) is 13.1 Å². The summed E-state index contributed by atoms with van der Waals surface area (Å²) in [5, 5.41) is 5.03. The Kier molecular flexibility index (Phi) is 5.84. The van der Waals surface area contributed by atoms with Crippen LogP contribution in [-0.4, -0.2) is 62.5 Å². The summed E-state index contributed by atoms with van der Waals surface area (Å²) in [6, 6.07) is 9.42. The van der Waals surface area contributed by atoms with Gasteiger partial charge in [-0.2, -0.15) is 5.10 Å². The maximum absolute atomic E-state index is 12.6. The van der Waals surface area contributed by atoms with Gasteiger partial charge in [-0.1, -0.05) is 30.0 Å². The smallest absolute Gasteiger partial charge is 0.308 e. The SMILES string of the molecule is COC(=O)C1CCN(C(=O)CSc2nc3c(cnn3-c3ccccc3)c(=O)[nH]2)CC1. The summed E-state index contributed by atoms with van der Waals surface area (Å²) in [4.78, 5) is 45.6. The lowest BCUT2D eigenvalue weighted by Crippen LogP contribution is -2.41. The maximum atomic E-state index is 12.6. The summed E-state index contributed by atoms with van der Waals surface area (Å²) in [5.74, 6) is -0.272. The van der Waals surface area contributed by atoms with Crippen LogP contribution in [0.15, 0.2) is 46.5 Å². The monoisotopic (exact) mass is 427 g/mol. The Hall–Kier alpha value is -3.14. The third-order valence-electron chi connectivity index (χ3n) is 5.13. The van der Waals surface area contributed by atoms with Crippen molar-refractivity contribution in [2.24, 2.45) is 5.92 Å². The Balaban J connectivity index is 1.45. The van der Waals surface area contributed by atoms with Crippen molar-refractivity contribution >= 4 is 34.7 Å². The van der Waals surface area contributed by atoms with Crippen LogP contribution in [0.4, 0.5) is 0 Å². The number of piperidine rings is 1. The van der Waals surface area contributed by atoms with Crippen molar-refractivity contribution in [3.63, 3.8) is 0 Å². The summed E-state index contributed by atoms with van der Waals surface area (Å²) in [6.07, 6.45) is 2.68.